The zero-order valence-corrected chi connectivity index (χ0v) is 15.6. The first-order chi connectivity index (χ1) is 13.0. The number of piperazine rings is 1. The summed E-state index contributed by atoms with van der Waals surface area (Å²) >= 11 is 0. The maximum absolute atomic E-state index is 13.0. The van der Waals surface area contributed by atoms with Crippen molar-refractivity contribution in [2.24, 2.45) is 0 Å². The molecule has 0 aliphatic carbocycles. The van der Waals surface area contributed by atoms with Gasteiger partial charge in [0.2, 0.25) is 11.9 Å². The van der Waals surface area contributed by atoms with Crippen LogP contribution in [0.5, 0.6) is 0 Å². The first-order valence-corrected chi connectivity index (χ1v) is 9.28. The fraction of sp³-hybridized carbons (Fsp3) is 0.400. The zero-order chi connectivity index (χ0) is 19.0. The van der Waals surface area contributed by atoms with Gasteiger partial charge in [0.05, 0.1) is 5.56 Å². The average molecular weight is 365 g/mol. The summed E-state index contributed by atoms with van der Waals surface area (Å²) < 4.78 is 0. The predicted octanol–water partition coefficient (Wildman–Crippen LogP) is 1.74. The normalized spacial score (nSPS) is 19.2. The van der Waals surface area contributed by atoms with Crippen LogP contribution in [0, 0.1) is 0 Å². The van der Waals surface area contributed by atoms with Crippen molar-refractivity contribution in [3.8, 4) is 0 Å². The lowest BCUT2D eigenvalue weighted by Gasteiger charge is -2.34. The van der Waals surface area contributed by atoms with Crippen molar-refractivity contribution >= 4 is 23.5 Å². The van der Waals surface area contributed by atoms with E-state index in [0.29, 0.717) is 37.7 Å². The van der Waals surface area contributed by atoms with Crippen LogP contribution in [0.15, 0.2) is 36.7 Å². The molecular formula is C20H23N5O2. The molecule has 1 aromatic carbocycles. The van der Waals surface area contributed by atoms with E-state index in [4.69, 9.17) is 0 Å². The molecule has 1 atom stereocenters. The fourth-order valence-corrected chi connectivity index (χ4v) is 3.83. The largest absolute Gasteiger partial charge is 0.339 e. The van der Waals surface area contributed by atoms with Crippen molar-refractivity contribution in [1.82, 2.24) is 14.9 Å². The summed E-state index contributed by atoms with van der Waals surface area (Å²) in [5.74, 6) is 0.626. The smallest absolute Gasteiger partial charge is 0.261 e. The van der Waals surface area contributed by atoms with Crippen LogP contribution in [-0.2, 0) is 11.2 Å². The highest BCUT2D eigenvalue weighted by molar-refractivity contribution is 6.07. The number of aromatic nitrogens is 2. The highest BCUT2D eigenvalue weighted by Gasteiger charge is 2.31. The molecule has 2 aromatic rings. The number of para-hydroxylation sites is 1. The highest BCUT2D eigenvalue weighted by Crippen LogP contribution is 2.32. The van der Waals surface area contributed by atoms with Crippen molar-refractivity contribution < 1.29 is 9.59 Å². The number of fused-ring (bicyclic) bond motifs is 1. The SMILES string of the molecule is CC(=O)N1CCN(c2ncc(C(=O)N3c4ccccc4CC3C)cn2)CC1. The van der Waals surface area contributed by atoms with Gasteiger partial charge >= 0.3 is 0 Å². The Balaban J connectivity index is 1.48. The van der Waals surface area contributed by atoms with Gasteiger partial charge in [0.15, 0.2) is 0 Å². The summed E-state index contributed by atoms with van der Waals surface area (Å²) in [5.41, 5.74) is 2.66. The summed E-state index contributed by atoms with van der Waals surface area (Å²) in [7, 11) is 0. The standard InChI is InChI=1S/C20H23N5O2/c1-14-11-16-5-3-4-6-18(16)25(14)19(27)17-12-21-20(22-13-17)24-9-7-23(8-10-24)15(2)26/h3-6,12-14H,7-11H2,1-2H3. The lowest BCUT2D eigenvalue weighted by molar-refractivity contribution is -0.129. The van der Waals surface area contributed by atoms with Crippen LogP contribution in [0.2, 0.25) is 0 Å². The first-order valence-electron chi connectivity index (χ1n) is 9.28. The number of benzene rings is 1. The first kappa shape index (κ1) is 17.5. The Bertz CT molecular complexity index is 859. The van der Waals surface area contributed by atoms with Gasteiger partial charge in [0.1, 0.15) is 0 Å². The van der Waals surface area contributed by atoms with Crippen molar-refractivity contribution in [3.63, 3.8) is 0 Å². The van der Waals surface area contributed by atoms with Crippen LogP contribution in [0.3, 0.4) is 0 Å². The lowest BCUT2D eigenvalue weighted by atomic mass is 10.1. The van der Waals surface area contributed by atoms with Crippen molar-refractivity contribution in [1.29, 1.82) is 0 Å². The van der Waals surface area contributed by atoms with E-state index in [1.54, 1.807) is 19.3 Å². The average Bonchev–Trinajstić information content (AvgIpc) is 3.03. The Morgan fingerprint density at radius 2 is 1.70 bits per heavy atom. The van der Waals surface area contributed by atoms with Gasteiger partial charge in [-0.05, 0) is 25.0 Å². The number of amides is 2. The van der Waals surface area contributed by atoms with Gasteiger partial charge in [-0.15, -0.1) is 0 Å². The molecule has 140 valence electrons. The molecule has 27 heavy (non-hydrogen) atoms. The molecule has 7 nitrogen and oxygen atoms in total. The molecule has 0 bridgehead atoms. The minimum Gasteiger partial charge on any atom is -0.339 e. The maximum atomic E-state index is 13.0. The second-order valence-electron chi connectivity index (χ2n) is 7.12. The Hall–Kier alpha value is -2.96. The Morgan fingerprint density at radius 1 is 1.04 bits per heavy atom. The third-order valence-electron chi connectivity index (χ3n) is 5.32. The number of rotatable bonds is 2. The summed E-state index contributed by atoms with van der Waals surface area (Å²) in [5, 5.41) is 0. The van der Waals surface area contributed by atoms with E-state index in [-0.39, 0.29) is 17.9 Å². The Labute approximate surface area is 158 Å². The van der Waals surface area contributed by atoms with Gasteiger partial charge in [-0.1, -0.05) is 18.2 Å². The van der Waals surface area contributed by atoms with Gasteiger partial charge in [0, 0.05) is 57.2 Å². The summed E-state index contributed by atoms with van der Waals surface area (Å²) in [6, 6.07) is 8.13. The molecule has 7 heteroatoms. The maximum Gasteiger partial charge on any atom is 0.261 e. The number of hydrogen-bond acceptors (Lipinski definition) is 5. The number of nitrogens with zero attached hydrogens (tertiary/aromatic N) is 5. The highest BCUT2D eigenvalue weighted by atomic mass is 16.2. The Kier molecular flexibility index (Phi) is 4.51. The molecule has 4 rings (SSSR count). The van der Waals surface area contributed by atoms with Crippen molar-refractivity contribution in [2.75, 3.05) is 36.0 Å². The Morgan fingerprint density at radius 3 is 2.37 bits per heavy atom. The molecule has 0 N–H and O–H groups in total. The molecule has 2 aliphatic rings. The van der Waals surface area contributed by atoms with E-state index in [2.05, 4.69) is 23.0 Å². The third kappa shape index (κ3) is 3.25. The zero-order valence-electron chi connectivity index (χ0n) is 15.6. The summed E-state index contributed by atoms with van der Waals surface area (Å²) in [6.45, 7) is 6.38. The van der Waals surface area contributed by atoms with Gasteiger partial charge in [0.25, 0.3) is 5.91 Å². The van der Waals surface area contributed by atoms with E-state index in [9.17, 15) is 9.59 Å². The van der Waals surface area contributed by atoms with Crippen LogP contribution >= 0.6 is 0 Å². The minimum absolute atomic E-state index is 0.0691. The number of carbonyl (C=O) groups excluding carboxylic acids is 2. The van der Waals surface area contributed by atoms with Gasteiger partial charge in [-0.25, -0.2) is 9.97 Å². The molecule has 0 saturated carbocycles. The van der Waals surface area contributed by atoms with Crippen LogP contribution in [-0.4, -0.2) is 58.9 Å². The second kappa shape index (κ2) is 6.98. The molecular weight excluding hydrogens is 342 g/mol. The monoisotopic (exact) mass is 365 g/mol. The van der Waals surface area contributed by atoms with Gasteiger partial charge < -0.3 is 14.7 Å². The second-order valence-corrected chi connectivity index (χ2v) is 7.12. The van der Waals surface area contributed by atoms with Gasteiger partial charge in [-0.2, -0.15) is 0 Å². The van der Waals surface area contributed by atoms with Crippen LogP contribution in [0.1, 0.15) is 29.8 Å². The molecule has 0 radical (unpaired) electrons. The molecule has 2 aliphatic heterocycles. The van der Waals surface area contributed by atoms with E-state index in [0.717, 1.165) is 12.1 Å². The van der Waals surface area contributed by atoms with Crippen LogP contribution in [0.25, 0.3) is 0 Å². The van der Waals surface area contributed by atoms with E-state index < -0.39 is 0 Å². The van der Waals surface area contributed by atoms with E-state index >= 15 is 0 Å². The number of anilines is 2. The minimum atomic E-state index is -0.0691. The van der Waals surface area contributed by atoms with E-state index in [1.807, 2.05) is 32.9 Å². The molecule has 1 saturated heterocycles. The number of hydrogen-bond donors (Lipinski definition) is 0. The molecule has 1 fully saturated rings. The lowest BCUT2D eigenvalue weighted by Crippen LogP contribution is -2.48. The van der Waals surface area contributed by atoms with Crippen molar-refractivity contribution in [3.05, 3.63) is 47.8 Å². The molecule has 3 heterocycles. The third-order valence-corrected chi connectivity index (χ3v) is 5.32. The molecule has 1 unspecified atom stereocenters. The van der Waals surface area contributed by atoms with Crippen LogP contribution in [0.4, 0.5) is 11.6 Å². The quantitative estimate of drug-likeness (QED) is 0.811. The predicted molar refractivity (Wildman–Crippen MR) is 103 cm³/mol. The molecule has 2 amide bonds. The summed E-state index contributed by atoms with van der Waals surface area (Å²) in [4.78, 5) is 39.0. The van der Waals surface area contributed by atoms with Crippen LogP contribution < -0.4 is 9.80 Å². The fourth-order valence-electron chi connectivity index (χ4n) is 3.83. The van der Waals surface area contributed by atoms with Crippen molar-refractivity contribution in [2.45, 2.75) is 26.3 Å². The summed E-state index contributed by atoms with van der Waals surface area (Å²) in [6.07, 6.45) is 4.08. The molecule has 0 spiro atoms. The topological polar surface area (TPSA) is 69.6 Å². The van der Waals surface area contributed by atoms with E-state index in [1.165, 1.54) is 5.56 Å². The molecule has 1 aromatic heterocycles. The van der Waals surface area contributed by atoms with Gasteiger partial charge in [-0.3, -0.25) is 9.59 Å². The number of carbonyl (C=O) groups is 2.